The molecule has 1 rings (SSSR count). The largest absolute Gasteiger partial charge is 0.310 e. The molecule has 1 saturated heterocycles. The van der Waals surface area contributed by atoms with Gasteiger partial charge in [0, 0.05) is 5.54 Å². The van der Waals surface area contributed by atoms with E-state index < -0.39 is 0 Å². The molecule has 0 N–H and O–H groups in total. The Hall–Kier alpha value is -0.0800. The van der Waals surface area contributed by atoms with Crippen molar-refractivity contribution < 1.29 is 4.48 Å². The van der Waals surface area contributed by atoms with Gasteiger partial charge in [-0.3, -0.25) is 0 Å². The van der Waals surface area contributed by atoms with E-state index in [4.69, 9.17) is 0 Å². The molecule has 0 amide bonds. The number of hydrogen-bond acceptors (Lipinski definition) is 1. The summed E-state index contributed by atoms with van der Waals surface area (Å²) in [5.74, 6) is 0. The minimum absolute atomic E-state index is 0.304. The Labute approximate surface area is 89.5 Å². The van der Waals surface area contributed by atoms with Crippen molar-refractivity contribution >= 4 is 0 Å². The van der Waals surface area contributed by atoms with Gasteiger partial charge in [0.15, 0.2) is 0 Å². The van der Waals surface area contributed by atoms with Crippen LogP contribution in [0.4, 0.5) is 0 Å². The standard InChI is InChI=1S/C12H27N2/c1-8-14(7)9-13(12(4,5)6)10(2)11(14)3/h10-11H,8-9H2,1-7H3/q+1/t10?,11?,14-/m0/s1. The monoisotopic (exact) mass is 199 g/mol. The molecule has 0 saturated carbocycles. The summed E-state index contributed by atoms with van der Waals surface area (Å²) >= 11 is 0. The average molecular weight is 199 g/mol. The molecule has 0 bridgehead atoms. The Morgan fingerprint density at radius 1 is 1.29 bits per heavy atom. The van der Waals surface area contributed by atoms with Gasteiger partial charge in [0.25, 0.3) is 0 Å². The highest BCUT2D eigenvalue weighted by Gasteiger charge is 2.47. The summed E-state index contributed by atoms with van der Waals surface area (Å²) in [6.07, 6.45) is 0. The van der Waals surface area contributed by atoms with Crippen LogP contribution < -0.4 is 0 Å². The zero-order valence-corrected chi connectivity index (χ0v) is 11.0. The molecular formula is C12H27N2+. The quantitative estimate of drug-likeness (QED) is 0.586. The number of likely N-dealkylation sites (N-methyl/N-ethyl adjacent to an activating group) is 1. The van der Waals surface area contributed by atoms with Gasteiger partial charge in [-0.25, -0.2) is 4.90 Å². The Balaban J connectivity index is 2.88. The summed E-state index contributed by atoms with van der Waals surface area (Å²) in [6, 6.07) is 1.44. The molecule has 0 aromatic heterocycles. The van der Waals surface area contributed by atoms with E-state index in [0.717, 1.165) is 6.04 Å². The van der Waals surface area contributed by atoms with E-state index in [1.54, 1.807) is 0 Å². The van der Waals surface area contributed by atoms with Crippen LogP contribution in [-0.2, 0) is 0 Å². The minimum Gasteiger partial charge on any atom is -0.310 e. The molecule has 2 nitrogen and oxygen atoms in total. The zero-order valence-electron chi connectivity index (χ0n) is 11.0. The first-order chi connectivity index (χ1) is 6.22. The maximum atomic E-state index is 2.64. The number of hydrogen-bond donors (Lipinski definition) is 0. The van der Waals surface area contributed by atoms with Crippen molar-refractivity contribution in [3.63, 3.8) is 0 Å². The highest BCUT2D eigenvalue weighted by molar-refractivity contribution is 4.86. The van der Waals surface area contributed by atoms with Gasteiger partial charge in [0.2, 0.25) is 0 Å². The summed E-state index contributed by atoms with van der Waals surface area (Å²) in [5, 5.41) is 0. The summed E-state index contributed by atoms with van der Waals surface area (Å²) in [5.41, 5.74) is 0.304. The van der Waals surface area contributed by atoms with Crippen molar-refractivity contribution in [2.24, 2.45) is 0 Å². The van der Waals surface area contributed by atoms with Crippen LogP contribution in [0.1, 0.15) is 41.5 Å². The average Bonchev–Trinajstić information content (AvgIpc) is 2.30. The molecule has 84 valence electrons. The van der Waals surface area contributed by atoms with E-state index in [2.05, 4.69) is 53.5 Å². The summed E-state index contributed by atoms with van der Waals surface area (Å²) in [4.78, 5) is 2.64. The van der Waals surface area contributed by atoms with Crippen LogP contribution >= 0.6 is 0 Å². The van der Waals surface area contributed by atoms with Crippen LogP contribution in [0, 0.1) is 0 Å². The lowest BCUT2D eigenvalue weighted by Gasteiger charge is -2.35. The van der Waals surface area contributed by atoms with E-state index in [1.165, 1.54) is 17.7 Å². The third-order valence-corrected chi connectivity index (χ3v) is 4.23. The lowest BCUT2D eigenvalue weighted by atomic mass is 10.0. The van der Waals surface area contributed by atoms with Gasteiger partial charge in [-0.15, -0.1) is 0 Å². The summed E-state index contributed by atoms with van der Waals surface area (Å²) in [6.45, 7) is 16.5. The maximum absolute atomic E-state index is 2.64. The van der Waals surface area contributed by atoms with Gasteiger partial charge in [-0.05, 0) is 41.5 Å². The molecule has 3 atom stereocenters. The second-order valence-corrected chi connectivity index (χ2v) is 6.06. The molecule has 0 aromatic rings. The van der Waals surface area contributed by atoms with Crippen LogP contribution in [0.3, 0.4) is 0 Å². The number of quaternary nitrogens is 1. The minimum atomic E-state index is 0.304. The molecule has 1 heterocycles. The fourth-order valence-corrected chi connectivity index (χ4v) is 2.60. The molecule has 0 aromatic carbocycles. The number of nitrogens with zero attached hydrogens (tertiary/aromatic N) is 2. The Kier molecular flexibility index (Phi) is 2.99. The maximum Gasteiger partial charge on any atom is 0.135 e. The zero-order chi connectivity index (χ0) is 11.1. The number of rotatable bonds is 1. The molecule has 0 radical (unpaired) electrons. The van der Waals surface area contributed by atoms with E-state index in [1.807, 2.05) is 0 Å². The van der Waals surface area contributed by atoms with Crippen LogP contribution in [-0.4, -0.2) is 47.3 Å². The second kappa shape index (κ2) is 3.49. The first-order valence-electron chi connectivity index (χ1n) is 5.83. The van der Waals surface area contributed by atoms with Crippen molar-refractivity contribution in [2.45, 2.75) is 59.2 Å². The molecule has 0 aliphatic carbocycles. The third-order valence-electron chi connectivity index (χ3n) is 4.23. The first-order valence-corrected chi connectivity index (χ1v) is 5.83. The van der Waals surface area contributed by atoms with Gasteiger partial charge in [-0.2, -0.15) is 0 Å². The van der Waals surface area contributed by atoms with Crippen molar-refractivity contribution in [3.05, 3.63) is 0 Å². The molecule has 2 unspecified atom stereocenters. The molecule has 0 spiro atoms. The van der Waals surface area contributed by atoms with Gasteiger partial charge < -0.3 is 4.48 Å². The SMILES string of the molecule is CC[N@@+]1(C)CN(C(C)(C)C)C(C)C1C. The third kappa shape index (κ3) is 1.82. The van der Waals surface area contributed by atoms with Gasteiger partial charge in [0.05, 0.1) is 19.6 Å². The smallest absolute Gasteiger partial charge is 0.135 e. The molecule has 1 aliphatic heterocycles. The molecule has 1 aliphatic rings. The second-order valence-electron chi connectivity index (χ2n) is 6.06. The lowest BCUT2D eigenvalue weighted by Crippen LogP contribution is -2.49. The normalized spacial score (nSPS) is 40.5. The van der Waals surface area contributed by atoms with Crippen LogP contribution in [0.15, 0.2) is 0 Å². The Bertz CT molecular complexity index is 207. The van der Waals surface area contributed by atoms with Crippen LogP contribution in [0.5, 0.6) is 0 Å². The summed E-state index contributed by atoms with van der Waals surface area (Å²) < 4.78 is 1.19. The molecule has 14 heavy (non-hydrogen) atoms. The van der Waals surface area contributed by atoms with Crippen LogP contribution in [0.2, 0.25) is 0 Å². The molecule has 1 fully saturated rings. The van der Waals surface area contributed by atoms with Crippen LogP contribution in [0.25, 0.3) is 0 Å². The molecule has 2 heteroatoms. The fraction of sp³-hybridized carbons (Fsp3) is 1.00. The lowest BCUT2D eigenvalue weighted by molar-refractivity contribution is -0.922. The van der Waals surface area contributed by atoms with Gasteiger partial charge in [-0.1, -0.05) is 0 Å². The Morgan fingerprint density at radius 3 is 2.00 bits per heavy atom. The van der Waals surface area contributed by atoms with E-state index in [9.17, 15) is 0 Å². The topological polar surface area (TPSA) is 3.24 Å². The van der Waals surface area contributed by atoms with Gasteiger partial charge in [0.1, 0.15) is 12.7 Å². The van der Waals surface area contributed by atoms with Crippen molar-refractivity contribution in [1.29, 1.82) is 0 Å². The highest BCUT2D eigenvalue weighted by atomic mass is 15.5. The van der Waals surface area contributed by atoms with E-state index in [-0.39, 0.29) is 0 Å². The van der Waals surface area contributed by atoms with E-state index >= 15 is 0 Å². The molecular weight excluding hydrogens is 172 g/mol. The van der Waals surface area contributed by atoms with Crippen molar-refractivity contribution in [2.75, 3.05) is 20.3 Å². The highest BCUT2D eigenvalue weighted by Crippen LogP contribution is 2.32. The fourth-order valence-electron chi connectivity index (χ4n) is 2.60. The van der Waals surface area contributed by atoms with Crippen molar-refractivity contribution in [3.8, 4) is 0 Å². The summed E-state index contributed by atoms with van der Waals surface area (Å²) in [7, 11) is 2.38. The predicted octanol–water partition coefficient (Wildman–Crippen LogP) is 2.30. The van der Waals surface area contributed by atoms with Gasteiger partial charge >= 0.3 is 0 Å². The van der Waals surface area contributed by atoms with E-state index in [0.29, 0.717) is 11.6 Å². The van der Waals surface area contributed by atoms with Crippen molar-refractivity contribution in [1.82, 2.24) is 4.90 Å². The first kappa shape index (κ1) is 12.0. The Morgan fingerprint density at radius 2 is 1.79 bits per heavy atom. The predicted molar refractivity (Wildman–Crippen MR) is 62.1 cm³/mol.